The van der Waals surface area contributed by atoms with Crippen LogP contribution in [0.4, 0.5) is 13.9 Å². The van der Waals surface area contributed by atoms with E-state index in [1.54, 1.807) is 0 Å². The number of alkyl halides is 2. The van der Waals surface area contributed by atoms with Crippen molar-refractivity contribution in [2.45, 2.75) is 12.4 Å². The Kier molecular flexibility index (Phi) is 7.29. The van der Waals surface area contributed by atoms with E-state index in [-0.39, 0.29) is 27.6 Å². The molecule has 18 heteroatoms. The summed E-state index contributed by atoms with van der Waals surface area (Å²) in [5, 5.41) is 58.9. The smallest absolute Gasteiger partial charge is 0.307 e. The van der Waals surface area contributed by atoms with Gasteiger partial charge >= 0.3 is 11.5 Å². The number of amides is 1. The third-order valence-electron chi connectivity index (χ3n) is 5.27. The van der Waals surface area contributed by atoms with Crippen LogP contribution in [0.5, 0.6) is 17.4 Å². The number of aromatic hydroxyl groups is 2. The second-order valence-electron chi connectivity index (χ2n) is 7.63. The van der Waals surface area contributed by atoms with Gasteiger partial charge in [0.15, 0.2) is 11.6 Å². The van der Waals surface area contributed by atoms with Crippen LogP contribution >= 0.6 is 11.3 Å². The van der Waals surface area contributed by atoms with Gasteiger partial charge in [-0.2, -0.15) is 0 Å². The Hall–Kier alpha value is -4.52. The molecular weight excluding hydrogens is 545 g/mol. The molecule has 0 saturated carbocycles. The molecule has 200 valence electrons. The van der Waals surface area contributed by atoms with Crippen LogP contribution in [-0.2, 0) is 5.97 Å². The normalized spacial score (nSPS) is 11.6. The maximum absolute atomic E-state index is 13.5. The largest absolute Gasteiger partial charge is 0.503 e. The van der Waals surface area contributed by atoms with Crippen molar-refractivity contribution < 1.29 is 43.8 Å². The number of rotatable bonds is 7. The number of ether oxygens (including phenoxy) is 1. The number of hydrogen-bond donors (Lipinski definition) is 6. The van der Waals surface area contributed by atoms with Gasteiger partial charge in [0.1, 0.15) is 30.6 Å². The lowest BCUT2D eigenvalue weighted by atomic mass is 9.89. The summed E-state index contributed by atoms with van der Waals surface area (Å²) in [6.07, 6.45) is -1.11. The van der Waals surface area contributed by atoms with Crippen LogP contribution in [0.3, 0.4) is 0 Å². The Morgan fingerprint density at radius 3 is 2.49 bits per heavy atom. The van der Waals surface area contributed by atoms with E-state index in [4.69, 9.17) is 12.6 Å². The van der Waals surface area contributed by atoms with Crippen molar-refractivity contribution in [1.29, 1.82) is 0 Å². The highest BCUT2D eigenvalue weighted by Gasteiger charge is 2.33. The Bertz CT molecular complexity index is 1630. The quantitative estimate of drug-likeness (QED) is 0.126. The Morgan fingerprint density at radius 2 is 1.90 bits per heavy atom. The molecule has 0 fully saturated rings. The van der Waals surface area contributed by atoms with E-state index >= 15 is 0 Å². The van der Waals surface area contributed by atoms with Gasteiger partial charge in [0.05, 0.1) is 24.4 Å². The van der Waals surface area contributed by atoms with Crippen molar-refractivity contribution in [1.82, 2.24) is 24.7 Å². The summed E-state index contributed by atoms with van der Waals surface area (Å²) in [7, 11) is 6.83. The molecule has 4 aromatic rings. The Labute approximate surface area is 220 Å². The van der Waals surface area contributed by atoms with E-state index in [9.17, 15) is 43.9 Å². The minimum Gasteiger partial charge on any atom is -0.503 e. The summed E-state index contributed by atoms with van der Waals surface area (Å²) in [5.74, 6) is -7.84. The zero-order valence-corrected chi connectivity index (χ0v) is 20.2. The standard InChI is InChI=1S/C21H15BF2N6O8S/c1-38-11-5-25-10(16(23)24)2-8(11)7-3-12(26-4-9(7)17(32)28-20-29-27-6-39-20)30-18(33)14(22)13(21(35,36)37)15(31)19(30)34/h2-6,16,31,33,35-37H,1H3,(H,28,29,32). The van der Waals surface area contributed by atoms with E-state index in [0.29, 0.717) is 4.57 Å². The van der Waals surface area contributed by atoms with Crippen molar-refractivity contribution in [2.75, 3.05) is 12.4 Å². The molecule has 0 aromatic carbocycles. The molecule has 0 saturated heterocycles. The molecule has 4 heterocycles. The van der Waals surface area contributed by atoms with Gasteiger partial charge in [-0.15, -0.1) is 10.2 Å². The maximum Gasteiger partial charge on any atom is 0.307 e. The number of nitrogens with one attached hydrogen (secondary N) is 1. The Morgan fingerprint density at radius 1 is 1.18 bits per heavy atom. The van der Waals surface area contributed by atoms with Crippen LogP contribution in [0.25, 0.3) is 16.9 Å². The number of nitrogens with zero attached hydrogens (tertiary/aromatic N) is 5. The lowest BCUT2D eigenvalue weighted by Gasteiger charge is -2.21. The Balaban J connectivity index is 2.01. The van der Waals surface area contributed by atoms with Crippen LogP contribution in [0, 0.1) is 0 Å². The van der Waals surface area contributed by atoms with E-state index in [0.717, 1.165) is 35.9 Å². The van der Waals surface area contributed by atoms with Crippen molar-refractivity contribution in [2.24, 2.45) is 0 Å². The van der Waals surface area contributed by atoms with Gasteiger partial charge in [-0.1, -0.05) is 11.3 Å². The zero-order valence-electron chi connectivity index (χ0n) is 19.4. The SMILES string of the molecule is [B]c1c(C(O)(O)O)c(O)c(=O)n(-c2cc(-c3cc(C(F)F)ncc3OC)c(C(=O)Nc3nncs3)cn2)c1O. The number of pyridine rings is 3. The molecule has 0 aliphatic heterocycles. The molecule has 2 radical (unpaired) electrons. The van der Waals surface area contributed by atoms with E-state index in [2.05, 4.69) is 25.5 Å². The highest BCUT2D eigenvalue weighted by Crippen LogP contribution is 2.36. The fraction of sp³-hybridized carbons (Fsp3) is 0.143. The van der Waals surface area contributed by atoms with Crippen LogP contribution in [0.15, 0.2) is 34.8 Å². The fourth-order valence-electron chi connectivity index (χ4n) is 3.53. The molecule has 4 rings (SSSR count). The van der Waals surface area contributed by atoms with E-state index in [1.807, 2.05) is 0 Å². The summed E-state index contributed by atoms with van der Waals surface area (Å²) >= 11 is 0.982. The van der Waals surface area contributed by atoms with Crippen molar-refractivity contribution in [3.8, 4) is 34.3 Å². The van der Waals surface area contributed by atoms with Gasteiger partial charge < -0.3 is 30.3 Å². The first-order valence-electron chi connectivity index (χ1n) is 10.4. The minimum absolute atomic E-state index is 0.0681. The first-order chi connectivity index (χ1) is 18.3. The number of aromatic nitrogens is 5. The van der Waals surface area contributed by atoms with Crippen LogP contribution < -0.4 is 21.1 Å². The molecule has 6 N–H and O–H groups in total. The van der Waals surface area contributed by atoms with Gasteiger partial charge in [0, 0.05) is 17.3 Å². The first-order valence-corrected chi connectivity index (χ1v) is 11.3. The molecule has 39 heavy (non-hydrogen) atoms. The monoisotopic (exact) mass is 560 g/mol. The average molecular weight is 560 g/mol. The number of halogens is 2. The molecule has 0 unspecified atom stereocenters. The number of methoxy groups -OCH3 is 1. The highest BCUT2D eigenvalue weighted by atomic mass is 32.1. The lowest BCUT2D eigenvalue weighted by molar-refractivity contribution is -0.323. The summed E-state index contributed by atoms with van der Waals surface area (Å²) < 4.78 is 32.5. The number of hydrogen-bond acceptors (Lipinski definition) is 13. The fourth-order valence-corrected chi connectivity index (χ4v) is 3.97. The molecule has 0 aliphatic rings. The molecule has 0 atom stereocenters. The predicted octanol–water partition coefficient (Wildman–Crippen LogP) is -0.363. The highest BCUT2D eigenvalue weighted by molar-refractivity contribution is 7.13. The molecule has 0 spiro atoms. The number of aliphatic hydroxyl groups is 3. The summed E-state index contributed by atoms with van der Waals surface area (Å²) in [4.78, 5) is 33.5. The van der Waals surface area contributed by atoms with E-state index < -0.39 is 58.0 Å². The van der Waals surface area contributed by atoms with Crippen LogP contribution in [-0.4, -0.2) is 71.1 Å². The summed E-state index contributed by atoms with van der Waals surface area (Å²) in [6, 6.07) is 1.94. The van der Waals surface area contributed by atoms with Crippen molar-refractivity contribution >= 4 is 35.7 Å². The van der Waals surface area contributed by atoms with Gasteiger partial charge in [-0.25, -0.2) is 18.3 Å². The maximum atomic E-state index is 13.5. The van der Waals surface area contributed by atoms with Crippen LogP contribution in [0.1, 0.15) is 28.0 Å². The topological polar surface area (TPSA) is 213 Å². The molecule has 1 amide bonds. The van der Waals surface area contributed by atoms with Gasteiger partial charge in [-0.3, -0.25) is 19.9 Å². The van der Waals surface area contributed by atoms with Gasteiger partial charge in [-0.05, 0) is 17.6 Å². The van der Waals surface area contributed by atoms with E-state index in [1.165, 1.54) is 12.6 Å². The third kappa shape index (κ3) is 5.12. The molecule has 0 aliphatic carbocycles. The molecule has 14 nitrogen and oxygen atoms in total. The number of carbonyl (C=O) groups excluding carboxylic acids is 1. The summed E-state index contributed by atoms with van der Waals surface area (Å²) in [5.41, 5.74) is -3.66. The van der Waals surface area contributed by atoms with Crippen LogP contribution in [0.2, 0.25) is 0 Å². The first kappa shape index (κ1) is 27.5. The van der Waals surface area contributed by atoms with Crippen molar-refractivity contribution in [3.63, 3.8) is 0 Å². The van der Waals surface area contributed by atoms with Gasteiger partial charge in [0.2, 0.25) is 5.13 Å². The molecule has 4 aromatic heterocycles. The van der Waals surface area contributed by atoms with Crippen molar-refractivity contribution in [3.05, 3.63) is 57.2 Å². The third-order valence-corrected chi connectivity index (χ3v) is 5.87. The summed E-state index contributed by atoms with van der Waals surface area (Å²) in [6.45, 7) is 0. The molecule has 0 bridgehead atoms. The second-order valence-corrected chi connectivity index (χ2v) is 8.47. The second kappa shape index (κ2) is 10.3. The number of anilines is 1. The molecular formula is C21H15BF2N6O8S. The zero-order chi connectivity index (χ0) is 28.6. The lowest BCUT2D eigenvalue weighted by Crippen LogP contribution is -2.37. The predicted molar refractivity (Wildman–Crippen MR) is 129 cm³/mol. The number of carbonyl (C=O) groups is 1. The average Bonchev–Trinajstić information content (AvgIpc) is 3.39. The van der Waals surface area contributed by atoms with Gasteiger partial charge in [0.25, 0.3) is 12.3 Å². The minimum atomic E-state index is -3.80.